The zero-order valence-corrected chi connectivity index (χ0v) is 42.4. The second-order valence-corrected chi connectivity index (χ2v) is 20.7. The van der Waals surface area contributed by atoms with E-state index in [0.29, 0.717) is 24.9 Å². The number of benzene rings is 1. The highest BCUT2D eigenvalue weighted by Gasteiger charge is 2.43. The highest BCUT2D eigenvalue weighted by Crippen LogP contribution is 2.33. The van der Waals surface area contributed by atoms with Crippen molar-refractivity contribution >= 4 is 51.3 Å². The van der Waals surface area contributed by atoms with Crippen LogP contribution in [0.15, 0.2) is 59.8 Å². The van der Waals surface area contributed by atoms with Crippen LogP contribution in [0, 0.1) is 23.7 Å². The van der Waals surface area contributed by atoms with E-state index in [2.05, 4.69) is 15.6 Å². The number of aliphatic hydroxyl groups is 1. The fourth-order valence-corrected chi connectivity index (χ4v) is 10.4. The smallest absolute Gasteiger partial charge is 0.410 e. The number of hydrogen-bond donors (Lipinski definition) is 3. The zero-order valence-electron chi connectivity index (χ0n) is 40.8. The third-order valence-corrected chi connectivity index (χ3v) is 15.2. The Morgan fingerprint density at radius 2 is 1.54 bits per heavy atom. The first-order chi connectivity index (χ1) is 30.8. The van der Waals surface area contributed by atoms with Crippen molar-refractivity contribution in [1.29, 1.82) is 0 Å². The summed E-state index contributed by atoms with van der Waals surface area (Å²) in [5, 5.41) is 17.6. The molecule has 11 atom stereocenters. The van der Waals surface area contributed by atoms with Crippen LogP contribution in [-0.4, -0.2) is 144 Å². The standard InChI is InChI=1S/C48H76N6O9S2/c1-14-31(6)42(37(61-12)27-39(55)54-26-20-23-36(54)44(62-13)33(8)45(57)50-34(9)43(56)35-21-16-15-17-22-35)52(10)47(59)40(29(2)3)51-46(58)41(30(4)5)53(11)48(60)63-28-32(7)64-65-38-24-18-19-25-49-38/h15-19,21-22,24-25,29-34,36-37,40-44,56H,14,20,23,26-28H2,1-13H3,(H,50,57)(H,51,58)/t31-,32+,33+,34+,36?,37+,40-,41-,42-,43+,44+/m0/s1. The number of aliphatic hydroxyl groups excluding tert-OH is 1. The number of amides is 5. The van der Waals surface area contributed by atoms with E-state index in [0.717, 1.165) is 11.4 Å². The molecule has 3 N–H and O–H groups in total. The molecule has 0 saturated carbocycles. The summed E-state index contributed by atoms with van der Waals surface area (Å²) in [5.74, 6) is -2.68. The lowest BCUT2D eigenvalue weighted by Crippen LogP contribution is -2.60. The number of nitrogens with zero attached hydrogens (tertiary/aromatic N) is 4. The third-order valence-electron chi connectivity index (χ3n) is 12.5. The maximum Gasteiger partial charge on any atom is 0.410 e. The molecule has 1 aromatic carbocycles. The Morgan fingerprint density at radius 3 is 2.11 bits per heavy atom. The van der Waals surface area contributed by atoms with Crippen molar-refractivity contribution < 1.29 is 43.3 Å². The maximum absolute atomic E-state index is 14.6. The van der Waals surface area contributed by atoms with Gasteiger partial charge in [-0.05, 0) is 72.9 Å². The Morgan fingerprint density at radius 1 is 0.877 bits per heavy atom. The number of likely N-dealkylation sites (tertiary alicyclic amines) is 1. The Hall–Kier alpha value is -3.90. The average molecular weight is 945 g/mol. The quantitative estimate of drug-likeness (QED) is 0.0910. The van der Waals surface area contributed by atoms with Crippen LogP contribution in [0.4, 0.5) is 4.79 Å². The van der Waals surface area contributed by atoms with Gasteiger partial charge < -0.3 is 39.8 Å². The van der Waals surface area contributed by atoms with Crippen LogP contribution in [0.3, 0.4) is 0 Å². The molecule has 5 amide bonds. The van der Waals surface area contributed by atoms with E-state index >= 15 is 0 Å². The number of carbonyl (C=O) groups is 5. The topological polar surface area (TPSA) is 180 Å². The predicted octanol–water partition coefficient (Wildman–Crippen LogP) is 6.60. The van der Waals surface area contributed by atoms with Gasteiger partial charge in [-0.25, -0.2) is 9.78 Å². The van der Waals surface area contributed by atoms with Crippen molar-refractivity contribution in [2.45, 2.75) is 147 Å². The van der Waals surface area contributed by atoms with E-state index < -0.39 is 60.4 Å². The molecule has 0 aliphatic carbocycles. The number of carbonyl (C=O) groups excluding carboxylic acids is 5. The zero-order chi connectivity index (χ0) is 48.5. The van der Waals surface area contributed by atoms with Crippen LogP contribution in [-0.2, 0) is 33.4 Å². The van der Waals surface area contributed by atoms with Gasteiger partial charge in [0.2, 0.25) is 23.6 Å². The van der Waals surface area contributed by atoms with Crippen molar-refractivity contribution in [3.05, 3.63) is 60.3 Å². The van der Waals surface area contributed by atoms with Crippen molar-refractivity contribution in [3.8, 4) is 0 Å². The Bertz CT molecular complexity index is 1800. The van der Waals surface area contributed by atoms with Crippen LogP contribution in [0.25, 0.3) is 0 Å². The molecule has 1 unspecified atom stereocenters. The molecule has 364 valence electrons. The second-order valence-electron chi connectivity index (χ2n) is 18.0. The van der Waals surface area contributed by atoms with Gasteiger partial charge in [0.1, 0.15) is 23.7 Å². The molecule has 17 heteroatoms. The summed E-state index contributed by atoms with van der Waals surface area (Å²) >= 11 is 0. The first-order valence-corrected chi connectivity index (χ1v) is 25.1. The molecule has 1 aliphatic heterocycles. The van der Waals surface area contributed by atoms with Crippen LogP contribution in [0.1, 0.15) is 99.7 Å². The van der Waals surface area contributed by atoms with E-state index in [1.165, 1.54) is 40.6 Å². The lowest BCUT2D eigenvalue weighted by Gasteiger charge is -2.41. The first-order valence-electron chi connectivity index (χ1n) is 22.9. The summed E-state index contributed by atoms with van der Waals surface area (Å²) < 4.78 is 17.6. The fraction of sp³-hybridized carbons (Fsp3) is 0.667. The van der Waals surface area contributed by atoms with Crippen LogP contribution < -0.4 is 10.6 Å². The molecule has 0 spiro atoms. The Kier molecular flexibility index (Phi) is 23.1. The lowest BCUT2D eigenvalue weighted by atomic mass is 9.89. The van der Waals surface area contributed by atoms with Crippen LogP contribution >= 0.6 is 21.6 Å². The molecule has 1 saturated heterocycles. The number of methoxy groups -OCH3 is 2. The molecular formula is C48H76N6O9S2. The summed E-state index contributed by atoms with van der Waals surface area (Å²) in [6, 6.07) is 11.4. The number of hydrogen-bond acceptors (Lipinski definition) is 12. The van der Waals surface area contributed by atoms with Gasteiger partial charge in [0.25, 0.3) is 0 Å². The van der Waals surface area contributed by atoms with Gasteiger partial charge in [-0.1, -0.05) is 102 Å². The molecule has 1 aromatic heterocycles. The highest BCUT2D eigenvalue weighted by atomic mass is 33.1. The van der Waals surface area contributed by atoms with Gasteiger partial charge in [0.05, 0.1) is 48.8 Å². The maximum atomic E-state index is 14.6. The van der Waals surface area contributed by atoms with E-state index in [-0.39, 0.29) is 59.8 Å². The van der Waals surface area contributed by atoms with Crippen molar-refractivity contribution in [2.75, 3.05) is 41.5 Å². The molecule has 65 heavy (non-hydrogen) atoms. The van der Waals surface area contributed by atoms with Crippen molar-refractivity contribution in [2.24, 2.45) is 23.7 Å². The lowest BCUT2D eigenvalue weighted by molar-refractivity contribution is -0.148. The van der Waals surface area contributed by atoms with E-state index in [9.17, 15) is 29.1 Å². The number of aromatic nitrogens is 1. The molecule has 15 nitrogen and oxygen atoms in total. The largest absolute Gasteiger partial charge is 0.448 e. The SMILES string of the molecule is CC[C@H](C)[C@@H]([C@@H](CC(=O)N1CCCC1[C@H](OC)[C@@H](C)C(=O)N[C@H](C)[C@@H](O)c1ccccc1)OC)N(C)C(=O)[C@@H](NC(=O)[C@H](C(C)C)N(C)C(=O)OC[C@@H](C)SSc1ccccn1)C(C)C. The number of nitrogens with one attached hydrogen (secondary N) is 2. The van der Waals surface area contributed by atoms with Crippen LogP contribution in [0.2, 0.25) is 0 Å². The van der Waals surface area contributed by atoms with Gasteiger partial charge in [-0.2, -0.15) is 0 Å². The van der Waals surface area contributed by atoms with Crippen LogP contribution in [0.5, 0.6) is 0 Å². The molecule has 3 rings (SSSR count). The molecular weight excluding hydrogens is 869 g/mol. The summed E-state index contributed by atoms with van der Waals surface area (Å²) in [5.41, 5.74) is 0.694. The van der Waals surface area contributed by atoms with Gasteiger partial charge in [-0.3, -0.25) is 24.1 Å². The van der Waals surface area contributed by atoms with Gasteiger partial charge in [0, 0.05) is 46.3 Å². The monoisotopic (exact) mass is 945 g/mol. The Labute approximate surface area is 395 Å². The van der Waals surface area contributed by atoms with E-state index in [1.807, 2.05) is 97.0 Å². The minimum absolute atomic E-state index is 0.0308. The minimum Gasteiger partial charge on any atom is -0.448 e. The Balaban J connectivity index is 1.72. The number of pyridine rings is 1. The highest BCUT2D eigenvalue weighted by molar-refractivity contribution is 8.76. The average Bonchev–Trinajstić information content (AvgIpc) is 3.78. The fourth-order valence-electron chi connectivity index (χ4n) is 8.54. The first kappa shape index (κ1) is 55.4. The molecule has 0 radical (unpaired) electrons. The molecule has 0 bridgehead atoms. The molecule has 1 fully saturated rings. The second kappa shape index (κ2) is 27.0. The summed E-state index contributed by atoms with van der Waals surface area (Å²) in [6.45, 7) is 17.5. The number of rotatable bonds is 25. The predicted molar refractivity (Wildman–Crippen MR) is 257 cm³/mol. The molecule has 1 aliphatic rings. The summed E-state index contributed by atoms with van der Waals surface area (Å²) in [4.78, 5) is 78.8. The number of ether oxygens (including phenoxy) is 3. The summed E-state index contributed by atoms with van der Waals surface area (Å²) in [6.07, 6.45) is 0.862. The minimum atomic E-state index is -0.951. The normalized spacial score (nSPS) is 18.6. The van der Waals surface area contributed by atoms with Gasteiger partial charge in [-0.15, -0.1) is 0 Å². The van der Waals surface area contributed by atoms with Crippen molar-refractivity contribution in [1.82, 2.24) is 30.3 Å². The number of likely N-dealkylation sites (N-methyl/N-ethyl adjacent to an activating group) is 2. The van der Waals surface area contributed by atoms with Gasteiger partial charge >= 0.3 is 6.09 Å². The molecule has 2 aromatic rings. The van der Waals surface area contributed by atoms with E-state index in [1.54, 1.807) is 44.0 Å². The third kappa shape index (κ3) is 15.6. The molecule has 2 heterocycles. The van der Waals surface area contributed by atoms with Gasteiger partial charge in [0.15, 0.2) is 0 Å². The van der Waals surface area contributed by atoms with E-state index in [4.69, 9.17) is 14.2 Å². The van der Waals surface area contributed by atoms with Crippen molar-refractivity contribution in [3.63, 3.8) is 0 Å². The summed E-state index contributed by atoms with van der Waals surface area (Å²) in [7, 11) is 9.30.